The fraction of sp³-hybridized carbons (Fsp3) is 0.300. The number of halogens is 2. The summed E-state index contributed by atoms with van der Waals surface area (Å²) in [7, 11) is 0. The Morgan fingerprint density at radius 2 is 2.14 bits per heavy atom. The molecule has 0 unspecified atom stereocenters. The highest BCUT2D eigenvalue weighted by Gasteiger charge is 2.35. The minimum absolute atomic E-state index is 0.0385. The van der Waals surface area contributed by atoms with E-state index >= 15 is 0 Å². The van der Waals surface area contributed by atoms with Crippen molar-refractivity contribution < 1.29 is 27.5 Å². The molecule has 0 fully saturated rings. The van der Waals surface area contributed by atoms with Gasteiger partial charge in [0.05, 0.1) is 18.4 Å². The zero-order valence-corrected chi connectivity index (χ0v) is 15.9. The third-order valence-corrected chi connectivity index (χ3v) is 4.49. The van der Waals surface area contributed by atoms with Crippen LogP contribution in [0.5, 0.6) is 0 Å². The highest BCUT2D eigenvalue weighted by atomic mass is 19.1. The van der Waals surface area contributed by atoms with Gasteiger partial charge in [-0.3, -0.25) is 0 Å². The fourth-order valence-corrected chi connectivity index (χ4v) is 3.09. The molecule has 9 heteroatoms. The number of ether oxygens (including phenoxy) is 1. The van der Waals surface area contributed by atoms with E-state index in [0.29, 0.717) is 5.76 Å². The number of furan rings is 1. The molecule has 0 aliphatic carbocycles. The molecule has 2 amide bonds. The van der Waals surface area contributed by atoms with Gasteiger partial charge in [-0.1, -0.05) is 6.07 Å². The quantitative estimate of drug-likeness (QED) is 0.616. The molecule has 7 nitrogen and oxygen atoms in total. The van der Waals surface area contributed by atoms with E-state index in [4.69, 9.17) is 9.15 Å². The lowest BCUT2D eigenvalue weighted by Gasteiger charge is -2.28. The van der Waals surface area contributed by atoms with Crippen molar-refractivity contribution in [3.8, 4) is 0 Å². The van der Waals surface area contributed by atoms with E-state index in [2.05, 4.69) is 16.0 Å². The molecule has 1 aromatic carbocycles. The van der Waals surface area contributed by atoms with Crippen LogP contribution in [0.4, 0.5) is 13.6 Å². The molecular formula is C20H21F2N3O4. The van der Waals surface area contributed by atoms with E-state index in [1.807, 2.05) is 0 Å². The van der Waals surface area contributed by atoms with Gasteiger partial charge < -0.3 is 25.1 Å². The lowest BCUT2D eigenvalue weighted by Crippen LogP contribution is -2.48. The first-order valence-electron chi connectivity index (χ1n) is 9.10. The maximum atomic E-state index is 14.0. The van der Waals surface area contributed by atoms with Gasteiger partial charge >= 0.3 is 12.0 Å². The molecule has 1 aliphatic rings. The number of benzene rings is 1. The van der Waals surface area contributed by atoms with Crippen LogP contribution < -0.4 is 16.0 Å². The van der Waals surface area contributed by atoms with Gasteiger partial charge in [-0.15, -0.1) is 0 Å². The predicted molar refractivity (Wildman–Crippen MR) is 99.6 cm³/mol. The molecule has 154 valence electrons. The van der Waals surface area contributed by atoms with Crippen LogP contribution in [0.15, 0.2) is 52.3 Å². The molecule has 1 aromatic heterocycles. The van der Waals surface area contributed by atoms with E-state index < -0.39 is 35.7 Å². The molecule has 29 heavy (non-hydrogen) atoms. The van der Waals surface area contributed by atoms with Gasteiger partial charge in [0.25, 0.3) is 0 Å². The standard InChI is InChI=1S/C20H21F2N3O4/c1-3-28-19(26)17-15(24-20(27)25-18(17)16-5-4-8-29-16)10-23-11(2)13-7-6-12(21)9-14(13)22/h4-9,11,18,23H,3,10H2,1-2H3,(H2,24,25,27)/t11-,18-/m0/s1. The number of rotatable bonds is 7. The smallest absolute Gasteiger partial charge is 0.338 e. The average Bonchev–Trinajstić information content (AvgIpc) is 3.20. The topological polar surface area (TPSA) is 92.6 Å². The van der Waals surface area contributed by atoms with Gasteiger partial charge in [0, 0.05) is 29.9 Å². The van der Waals surface area contributed by atoms with Crippen LogP contribution in [0.3, 0.4) is 0 Å². The monoisotopic (exact) mass is 405 g/mol. The number of carbonyl (C=O) groups is 2. The van der Waals surface area contributed by atoms with Crippen LogP contribution in [-0.2, 0) is 9.53 Å². The first kappa shape index (κ1) is 20.5. The lowest BCUT2D eigenvalue weighted by molar-refractivity contribution is -0.139. The number of amides is 2. The minimum Gasteiger partial charge on any atom is -0.467 e. The summed E-state index contributed by atoms with van der Waals surface area (Å²) in [4.78, 5) is 24.7. The van der Waals surface area contributed by atoms with Crippen molar-refractivity contribution in [3.63, 3.8) is 0 Å². The summed E-state index contributed by atoms with van der Waals surface area (Å²) in [5, 5.41) is 8.28. The molecule has 3 N–H and O–H groups in total. The third-order valence-electron chi connectivity index (χ3n) is 4.49. The summed E-state index contributed by atoms with van der Waals surface area (Å²) in [6.07, 6.45) is 1.43. The highest BCUT2D eigenvalue weighted by Crippen LogP contribution is 2.28. The molecule has 2 atom stereocenters. The third kappa shape index (κ3) is 4.62. The Hall–Kier alpha value is -3.20. The molecular weight excluding hydrogens is 384 g/mol. The van der Waals surface area contributed by atoms with E-state index in [-0.39, 0.29) is 30.0 Å². The summed E-state index contributed by atoms with van der Waals surface area (Å²) in [5.74, 6) is -1.60. The van der Waals surface area contributed by atoms with Crippen molar-refractivity contribution in [2.24, 2.45) is 0 Å². The summed E-state index contributed by atoms with van der Waals surface area (Å²) in [5.41, 5.74) is 0.719. The van der Waals surface area contributed by atoms with Gasteiger partial charge in [0.15, 0.2) is 0 Å². The SMILES string of the molecule is CCOC(=O)C1=C(CN[C@@H](C)c2ccc(F)cc2F)NC(=O)N[C@H]1c1ccco1. The number of carbonyl (C=O) groups excluding carboxylic acids is 2. The van der Waals surface area contributed by atoms with Crippen LogP contribution in [-0.4, -0.2) is 25.2 Å². The van der Waals surface area contributed by atoms with E-state index in [9.17, 15) is 18.4 Å². The van der Waals surface area contributed by atoms with E-state index in [1.165, 1.54) is 18.4 Å². The number of hydrogen-bond donors (Lipinski definition) is 3. The molecule has 3 rings (SSSR count). The molecule has 0 radical (unpaired) electrons. The second kappa shape index (κ2) is 8.87. The second-order valence-electron chi connectivity index (χ2n) is 6.43. The molecule has 2 heterocycles. The zero-order chi connectivity index (χ0) is 21.0. The summed E-state index contributed by atoms with van der Waals surface area (Å²) >= 11 is 0. The van der Waals surface area contributed by atoms with Gasteiger partial charge in [0.1, 0.15) is 23.4 Å². The maximum absolute atomic E-state index is 14.0. The van der Waals surface area contributed by atoms with Crippen molar-refractivity contribution in [3.05, 3.63) is 70.8 Å². The Morgan fingerprint density at radius 3 is 2.79 bits per heavy atom. The van der Waals surface area contributed by atoms with Crippen LogP contribution in [0.1, 0.15) is 37.3 Å². The number of hydrogen-bond acceptors (Lipinski definition) is 5. The second-order valence-corrected chi connectivity index (χ2v) is 6.43. The van der Waals surface area contributed by atoms with Crippen molar-refractivity contribution >= 4 is 12.0 Å². The Kier molecular flexibility index (Phi) is 6.28. The van der Waals surface area contributed by atoms with Crippen LogP contribution in [0.2, 0.25) is 0 Å². The first-order valence-corrected chi connectivity index (χ1v) is 9.10. The molecule has 2 aromatic rings. The van der Waals surface area contributed by atoms with Crippen molar-refractivity contribution in [2.75, 3.05) is 13.2 Å². The molecule has 0 spiro atoms. The number of esters is 1. The Balaban J connectivity index is 1.88. The minimum atomic E-state index is -0.826. The Bertz CT molecular complexity index is 928. The zero-order valence-electron chi connectivity index (χ0n) is 15.9. The Morgan fingerprint density at radius 1 is 1.34 bits per heavy atom. The Labute approximate surface area is 166 Å². The largest absolute Gasteiger partial charge is 0.467 e. The van der Waals surface area contributed by atoms with Crippen LogP contribution in [0.25, 0.3) is 0 Å². The van der Waals surface area contributed by atoms with Gasteiger partial charge in [-0.05, 0) is 32.0 Å². The fourth-order valence-electron chi connectivity index (χ4n) is 3.09. The predicted octanol–water partition coefficient (Wildman–Crippen LogP) is 3.08. The molecule has 0 saturated carbocycles. The van der Waals surface area contributed by atoms with Crippen LogP contribution in [0, 0.1) is 11.6 Å². The normalized spacial score (nSPS) is 17.5. The number of urea groups is 1. The van der Waals surface area contributed by atoms with Gasteiger partial charge in [-0.2, -0.15) is 0 Å². The van der Waals surface area contributed by atoms with Gasteiger partial charge in [0.2, 0.25) is 0 Å². The van der Waals surface area contributed by atoms with Crippen molar-refractivity contribution in [2.45, 2.75) is 25.9 Å². The first-order chi connectivity index (χ1) is 13.9. The van der Waals surface area contributed by atoms with Gasteiger partial charge in [-0.25, -0.2) is 18.4 Å². The maximum Gasteiger partial charge on any atom is 0.338 e. The van der Waals surface area contributed by atoms with E-state index in [1.54, 1.807) is 26.0 Å². The summed E-state index contributed by atoms with van der Waals surface area (Å²) in [6, 6.07) is 4.73. The summed E-state index contributed by atoms with van der Waals surface area (Å²) in [6.45, 7) is 3.55. The number of nitrogens with one attached hydrogen (secondary N) is 3. The summed E-state index contributed by atoms with van der Waals surface area (Å²) < 4.78 is 37.7. The lowest BCUT2D eigenvalue weighted by atomic mass is 9.99. The molecule has 0 bridgehead atoms. The van der Waals surface area contributed by atoms with Crippen LogP contribution >= 0.6 is 0 Å². The molecule has 1 aliphatic heterocycles. The highest BCUT2D eigenvalue weighted by molar-refractivity contribution is 5.95. The van der Waals surface area contributed by atoms with E-state index in [0.717, 1.165) is 6.07 Å². The average molecular weight is 405 g/mol. The van der Waals surface area contributed by atoms with Crippen molar-refractivity contribution in [1.82, 2.24) is 16.0 Å². The van der Waals surface area contributed by atoms with Crippen molar-refractivity contribution in [1.29, 1.82) is 0 Å². The molecule has 0 saturated heterocycles.